The lowest BCUT2D eigenvalue weighted by atomic mass is 10.0. The highest BCUT2D eigenvalue weighted by atomic mass is 127. The van der Waals surface area contributed by atoms with Gasteiger partial charge in [-0.15, -0.1) is 35.3 Å². The maximum atomic E-state index is 13.1. The highest BCUT2D eigenvalue weighted by Gasteiger charge is 2.20. The summed E-state index contributed by atoms with van der Waals surface area (Å²) in [7, 11) is 0. The average molecular weight is 546 g/mol. The van der Waals surface area contributed by atoms with Gasteiger partial charge >= 0.3 is 0 Å². The summed E-state index contributed by atoms with van der Waals surface area (Å²) in [4.78, 5) is 13.0. The largest absolute Gasteiger partial charge is 0.357 e. The Morgan fingerprint density at radius 1 is 1.23 bits per heavy atom. The molecular formula is C22H33FIN5S. The monoisotopic (exact) mass is 545 g/mol. The van der Waals surface area contributed by atoms with Gasteiger partial charge in [0.1, 0.15) is 5.82 Å². The molecule has 0 aliphatic carbocycles. The highest BCUT2D eigenvalue weighted by molar-refractivity contribution is 14.0. The predicted molar refractivity (Wildman–Crippen MR) is 135 cm³/mol. The molecular weight excluding hydrogens is 512 g/mol. The minimum atomic E-state index is -0.174. The number of likely N-dealkylation sites (tertiary alicyclic amines) is 1. The van der Waals surface area contributed by atoms with Gasteiger partial charge in [-0.25, -0.2) is 9.37 Å². The standard InChI is InChI=1S/C22H32FN5S.HI/c1-4-24-22(25-12-9-21-16(2)26-17(3)29-21)27-20-10-13-28(14-11-20)15-18-5-7-19(23)8-6-18;/h5-8,20H,4,9-15H2,1-3H3,(H2,24,25,27);1H. The number of aromatic nitrogens is 1. The van der Waals surface area contributed by atoms with Crippen molar-refractivity contribution in [3.05, 3.63) is 51.2 Å². The van der Waals surface area contributed by atoms with Gasteiger partial charge in [0.2, 0.25) is 0 Å². The van der Waals surface area contributed by atoms with Crippen LogP contribution in [0.2, 0.25) is 0 Å². The number of rotatable bonds is 7. The van der Waals surface area contributed by atoms with E-state index in [1.807, 2.05) is 12.1 Å². The zero-order valence-electron chi connectivity index (χ0n) is 18.1. The van der Waals surface area contributed by atoms with E-state index < -0.39 is 0 Å². The molecule has 2 aromatic rings. The van der Waals surface area contributed by atoms with Crippen LogP contribution in [0.25, 0.3) is 0 Å². The van der Waals surface area contributed by atoms with Crippen molar-refractivity contribution in [3.63, 3.8) is 0 Å². The summed E-state index contributed by atoms with van der Waals surface area (Å²) < 4.78 is 13.1. The van der Waals surface area contributed by atoms with Crippen LogP contribution in [0.1, 0.15) is 40.9 Å². The molecule has 1 saturated heterocycles. The van der Waals surface area contributed by atoms with Crippen LogP contribution in [0.15, 0.2) is 29.3 Å². The van der Waals surface area contributed by atoms with Crippen LogP contribution < -0.4 is 10.6 Å². The van der Waals surface area contributed by atoms with Crippen LogP contribution in [-0.2, 0) is 13.0 Å². The van der Waals surface area contributed by atoms with E-state index in [1.54, 1.807) is 11.3 Å². The molecule has 30 heavy (non-hydrogen) atoms. The van der Waals surface area contributed by atoms with Crippen molar-refractivity contribution in [1.82, 2.24) is 20.5 Å². The molecule has 3 rings (SSSR count). The first kappa shape index (κ1) is 25.0. The molecule has 5 nitrogen and oxygen atoms in total. The summed E-state index contributed by atoms with van der Waals surface area (Å²) in [6.45, 7) is 10.8. The number of thiazole rings is 1. The summed E-state index contributed by atoms with van der Waals surface area (Å²) in [5.74, 6) is 0.732. The molecule has 1 aromatic heterocycles. The first-order valence-electron chi connectivity index (χ1n) is 10.5. The van der Waals surface area contributed by atoms with Crippen LogP contribution in [-0.4, -0.2) is 48.1 Å². The maximum absolute atomic E-state index is 13.1. The molecule has 166 valence electrons. The van der Waals surface area contributed by atoms with E-state index in [1.165, 1.54) is 22.6 Å². The Morgan fingerprint density at radius 3 is 2.53 bits per heavy atom. The van der Waals surface area contributed by atoms with Crippen molar-refractivity contribution in [2.75, 3.05) is 26.2 Å². The van der Waals surface area contributed by atoms with Gasteiger partial charge in [-0.05, 0) is 51.3 Å². The van der Waals surface area contributed by atoms with E-state index >= 15 is 0 Å². The Kier molecular flexibility index (Phi) is 10.5. The third-order valence-corrected chi connectivity index (χ3v) is 6.33. The zero-order valence-corrected chi connectivity index (χ0v) is 21.2. The first-order valence-corrected chi connectivity index (χ1v) is 11.3. The minimum Gasteiger partial charge on any atom is -0.357 e. The zero-order chi connectivity index (χ0) is 20.6. The third-order valence-electron chi connectivity index (χ3n) is 5.20. The van der Waals surface area contributed by atoms with E-state index in [4.69, 9.17) is 4.99 Å². The highest BCUT2D eigenvalue weighted by Crippen LogP contribution is 2.18. The minimum absolute atomic E-state index is 0. The lowest BCUT2D eigenvalue weighted by molar-refractivity contribution is 0.198. The van der Waals surface area contributed by atoms with Gasteiger partial charge < -0.3 is 10.6 Å². The molecule has 1 aliphatic rings. The fraction of sp³-hybridized carbons (Fsp3) is 0.545. The average Bonchev–Trinajstić information content (AvgIpc) is 3.02. The second-order valence-electron chi connectivity index (χ2n) is 7.57. The van der Waals surface area contributed by atoms with Crippen molar-refractivity contribution in [2.45, 2.75) is 52.6 Å². The van der Waals surface area contributed by atoms with E-state index in [-0.39, 0.29) is 29.8 Å². The molecule has 8 heteroatoms. The molecule has 1 fully saturated rings. The lowest BCUT2D eigenvalue weighted by Gasteiger charge is -2.33. The molecule has 1 aliphatic heterocycles. The number of benzene rings is 1. The van der Waals surface area contributed by atoms with Crippen molar-refractivity contribution in [2.24, 2.45) is 4.99 Å². The molecule has 0 spiro atoms. The number of aryl methyl sites for hydroxylation is 2. The number of piperidine rings is 1. The summed E-state index contributed by atoms with van der Waals surface area (Å²) in [6, 6.07) is 7.27. The summed E-state index contributed by atoms with van der Waals surface area (Å²) in [5, 5.41) is 8.10. The second kappa shape index (κ2) is 12.6. The van der Waals surface area contributed by atoms with Crippen molar-refractivity contribution in [1.29, 1.82) is 0 Å². The van der Waals surface area contributed by atoms with Crippen molar-refractivity contribution >= 4 is 41.3 Å². The van der Waals surface area contributed by atoms with Gasteiger partial charge in [0.25, 0.3) is 0 Å². The number of guanidine groups is 1. The molecule has 1 aromatic carbocycles. The Morgan fingerprint density at radius 2 is 1.93 bits per heavy atom. The normalized spacial score (nSPS) is 15.7. The molecule has 0 bridgehead atoms. The Bertz CT molecular complexity index is 800. The van der Waals surface area contributed by atoms with Gasteiger partial charge in [-0.2, -0.15) is 0 Å². The van der Waals surface area contributed by atoms with E-state index in [9.17, 15) is 4.39 Å². The van der Waals surface area contributed by atoms with Crippen LogP contribution in [0.4, 0.5) is 4.39 Å². The smallest absolute Gasteiger partial charge is 0.191 e. The van der Waals surface area contributed by atoms with E-state index in [0.29, 0.717) is 6.04 Å². The second-order valence-corrected chi connectivity index (χ2v) is 8.86. The Hall–Kier alpha value is -1.26. The number of aliphatic imine (C=N–C) groups is 1. The van der Waals surface area contributed by atoms with Crippen LogP contribution in [0.5, 0.6) is 0 Å². The summed E-state index contributed by atoms with van der Waals surface area (Å²) in [6.07, 6.45) is 3.10. The summed E-state index contributed by atoms with van der Waals surface area (Å²) in [5.41, 5.74) is 2.30. The van der Waals surface area contributed by atoms with Gasteiger partial charge in [-0.3, -0.25) is 9.89 Å². The first-order chi connectivity index (χ1) is 14.0. The lowest BCUT2D eigenvalue weighted by Crippen LogP contribution is -2.48. The summed E-state index contributed by atoms with van der Waals surface area (Å²) >= 11 is 1.77. The Labute approximate surface area is 200 Å². The Balaban J connectivity index is 0.00000320. The van der Waals surface area contributed by atoms with Crippen LogP contribution in [0, 0.1) is 19.7 Å². The maximum Gasteiger partial charge on any atom is 0.191 e. The number of halogens is 2. The number of nitrogens with one attached hydrogen (secondary N) is 2. The van der Waals surface area contributed by atoms with Crippen molar-refractivity contribution in [3.8, 4) is 0 Å². The topological polar surface area (TPSA) is 52.6 Å². The van der Waals surface area contributed by atoms with Crippen LogP contribution in [0.3, 0.4) is 0 Å². The molecule has 0 amide bonds. The third kappa shape index (κ3) is 7.77. The van der Waals surface area contributed by atoms with Gasteiger partial charge in [0.05, 0.1) is 10.7 Å². The number of hydrogen-bond donors (Lipinski definition) is 2. The molecule has 2 N–H and O–H groups in total. The van der Waals surface area contributed by atoms with Crippen LogP contribution >= 0.6 is 35.3 Å². The van der Waals surface area contributed by atoms with Gasteiger partial charge in [-0.1, -0.05) is 12.1 Å². The molecule has 0 unspecified atom stereocenters. The number of hydrogen-bond acceptors (Lipinski definition) is 4. The van der Waals surface area contributed by atoms with Crippen molar-refractivity contribution < 1.29 is 4.39 Å². The SMILES string of the molecule is CCNC(=NCCc1sc(C)nc1C)NC1CCN(Cc2ccc(F)cc2)CC1.I. The fourth-order valence-corrected chi connectivity index (χ4v) is 4.60. The molecule has 0 atom stereocenters. The predicted octanol–water partition coefficient (Wildman–Crippen LogP) is 4.28. The van der Waals surface area contributed by atoms with Gasteiger partial charge in [0, 0.05) is 50.1 Å². The number of nitrogens with zero attached hydrogens (tertiary/aromatic N) is 3. The quantitative estimate of drug-likeness (QED) is 0.310. The molecule has 0 radical (unpaired) electrons. The van der Waals surface area contributed by atoms with E-state index in [2.05, 4.69) is 41.3 Å². The molecule has 0 saturated carbocycles. The van der Waals surface area contributed by atoms with E-state index in [0.717, 1.165) is 68.6 Å². The van der Waals surface area contributed by atoms with Gasteiger partial charge in [0.15, 0.2) is 5.96 Å². The fourth-order valence-electron chi connectivity index (χ4n) is 3.67. The molecule has 2 heterocycles.